The fourth-order valence-electron chi connectivity index (χ4n) is 2.14. The Bertz CT molecular complexity index is 344. The summed E-state index contributed by atoms with van der Waals surface area (Å²) in [6, 6.07) is 4.23. The first-order valence-electron chi connectivity index (χ1n) is 5.62. The lowest BCUT2D eigenvalue weighted by Gasteiger charge is -2.15. The van der Waals surface area contributed by atoms with Crippen LogP contribution in [0.3, 0.4) is 0 Å². The van der Waals surface area contributed by atoms with E-state index in [4.69, 9.17) is 9.47 Å². The topological polar surface area (TPSA) is 43.4 Å². The van der Waals surface area contributed by atoms with E-state index in [9.17, 15) is 0 Å². The van der Waals surface area contributed by atoms with Crippen LogP contribution in [0.4, 0.5) is 5.82 Å². The standard InChI is InChI=1S/C12H18N2O2/c1-15-10-6-5-9(8-10)14-12-11(16-2)4-3-7-13-12/h3-4,7,9-10H,5-6,8H2,1-2H3,(H,13,14). The Kier molecular flexibility index (Phi) is 3.62. The van der Waals surface area contributed by atoms with Gasteiger partial charge in [0, 0.05) is 19.3 Å². The molecule has 2 unspecified atom stereocenters. The van der Waals surface area contributed by atoms with E-state index in [0.29, 0.717) is 12.1 Å². The molecule has 0 amide bonds. The molecule has 2 rings (SSSR count). The van der Waals surface area contributed by atoms with E-state index in [-0.39, 0.29) is 0 Å². The summed E-state index contributed by atoms with van der Waals surface area (Å²) < 4.78 is 10.6. The molecule has 1 N–H and O–H groups in total. The van der Waals surface area contributed by atoms with Crippen molar-refractivity contribution in [1.82, 2.24) is 4.98 Å². The van der Waals surface area contributed by atoms with Gasteiger partial charge < -0.3 is 14.8 Å². The number of hydrogen-bond acceptors (Lipinski definition) is 4. The third-order valence-electron chi connectivity index (χ3n) is 3.05. The quantitative estimate of drug-likeness (QED) is 0.847. The zero-order valence-electron chi connectivity index (χ0n) is 9.77. The second kappa shape index (κ2) is 5.16. The number of nitrogens with zero attached hydrogens (tertiary/aromatic N) is 1. The monoisotopic (exact) mass is 222 g/mol. The molecule has 0 bridgehead atoms. The molecule has 0 radical (unpaired) electrons. The second-order valence-electron chi connectivity index (χ2n) is 4.07. The summed E-state index contributed by atoms with van der Waals surface area (Å²) in [7, 11) is 3.43. The van der Waals surface area contributed by atoms with Crippen molar-refractivity contribution in [2.24, 2.45) is 0 Å². The lowest BCUT2D eigenvalue weighted by molar-refractivity contribution is 0.108. The van der Waals surface area contributed by atoms with Crippen molar-refractivity contribution in [2.45, 2.75) is 31.4 Å². The lowest BCUT2D eigenvalue weighted by atomic mass is 10.2. The van der Waals surface area contributed by atoms with E-state index < -0.39 is 0 Å². The summed E-state index contributed by atoms with van der Waals surface area (Å²) in [5.41, 5.74) is 0. The maximum Gasteiger partial charge on any atom is 0.168 e. The highest BCUT2D eigenvalue weighted by molar-refractivity contribution is 5.50. The zero-order valence-corrected chi connectivity index (χ0v) is 9.77. The Morgan fingerprint density at radius 3 is 2.94 bits per heavy atom. The Hall–Kier alpha value is -1.29. The molecule has 0 saturated heterocycles. The smallest absolute Gasteiger partial charge is 0.168 e. The minimum atomic E-state index is 0.382. The molecule has 1 aromatic heterocycles. The number of anilines is 1. The molecule has 1 fully saturated rings. The van der Waals surface area contributed by atoms with E-state index >= 15 is 0 Å². The van der Waals surface area contributed by atoms with Gasteiger partial charge in [-0.2, -0.15) is 0 Å². The van der Waals surface area contributed by atoms with Gasteiger partial charge in [-0.25, -0.2) is 4.98 Å². The van der Waals surface area contributed by atoms with E-state index in [1.807, 2.05) is 12.1 Å². The van der Waals surface area contributed by atoms with Crippen LogP contribution in [0.2, 0.25) is 0 Å². The number of rotatable bonds is 4. The Balaban J connectivity index is 1.99. The van der Waals surface area contributed by atoms with Crippen molar-refractivity contribution in [1.29, 1.82) is 0 Å². The minimum absolute atomic E-state index is 0.382. The molecular formula is C12H18N2O2. The van der Waals surface area contributed by atoms with Crippen molar-refractivity contribution in [2.75, 3.05) is 19.5 Å². The lowest BCUT2D eigenvalue weighted by Crippen LogP contribution is -2.18. The molecular weight excluding hydrogens is 204 g/mol. The normalized spacial score (nSPS) is 24.4. The SMILES string of the molecule is COc1cccnc1NC1CCC(OC)C1. The van der Waals surface area contributed by atoms with Crippen molar-refractivity contribution in [3.63, 3.8) is 0 Å². The van der Waals surface area contributed by atoms with Gasteiger partial charge in [-0.1, -0.05) is 0 Å². The summed E-state index contributed by atoms with van der Waals surface area (Å²) in [4.78, 5) is 4.29. The van der Waals surface area contributed by atoms with Crippen LogP contribution in [-0.2, 0) is 4.74 Å². The Morgan fingerprint density at radius 1 is 1.38 bits per heavy atom. The number of aromatic nitrogens is 1. The molecule has 1 saturated carbocycles. The van der Waals surface area contributed by atoms with E-state index in [2.05, 4.69) is 10.3 Å². The minimum Gasteiger partial charge on any atom is -0.493 e. The van der Waals surface area contributed by atoms with Crippen LogP contribution in [0.25, 0.3) is 0 Å². The van der Waals surface area contributed by atoms with Crippen molar-refractivity contribution in [3.8, 4) is 5.75 Å². The maximum absolute atomic E-state index is 5.34. The zero-order chi connectivity index (χ0) is 11.4. The van der Waals surface area contributed by atoms with Crippen molar-refractivity contribution < 1.29 is 9.47 Å². The van der Waals surface area contributed by atoms with Crippen LogP contribution in [0.15, 0.2) is 18.3 Å². The number of pyridine rings is 1. The molecule has 1 aliphatic rings. The molecule has 0 aliphatic heterocycles. The van der Waals surface area contributed by atoms with Crippen LogP contribution in [-0.4, -0.2) is 31.3 Å². The van der Waals surface area contributed by atoms with Gasteiger partial charge in [0.15, 0.2) is 11.6 Å². The average Bonchev–Trinajstić information content (AvgIpc) is 2.77. The first-order valence-corrected chi connectivity index (χ1v) is 5.62. The molecule has 0 spiro atoms. The number of hydrogen-bond donors (Lipinski definition) is 1. The molecule has 16 heavy (non-hydrogen) atoms. The van der Waals surface area contributed by atoms with Gasteiger partial charge in [-0.05, 0) is 31.4 Å². The van der Waals surface area contributed by atoms with Gasteiger partial charge in [0.05, 0.1) is 13.2 Å². The van der Waals surface area contributed by atoms with Crippen LogP contribution >= 0.6 is 0 Å². The van der Waals surface area contributed by atoms with Gasteiger partial charge in [-0.3, -0.25) is 0 Å². The highest BCUT2D eigenvalue weighted by Crippen LogP contribution is 2.27. The van der Waals surface area contributed by atoms with E-state index in [1.165, 1.54) is 0 Å². The summed E-state index contributed by atoms with van der Waals surface area (Å²) in [5.74, 6) is 1.62. The highest BCUT2D eigenvalue weighted by Gasteiger charge is 2.25. The number of nitrogens with one attached hydrogen (secondary N) is 1. The van der Waals surface area contributed by atoms with Gasteiger partial charge in [0.2, 0.25) is 0 Å². The Labute approximate surface area is 96.0 Å². The van der Waals surface area contributed by atoms with E-state index in [1.54, 1.807) is 20.4 Å². The van der Waals surface area contributed by atoms with Gasteiger partial charge in [-0.15, -0.1) is 0 Å². The molecule has 1 aliphatic carbocycles. The summed E-state index contributed by atoms with van der Waals surface area (Å²) in [6.45, 7) is 0. The maximum atomic E-state index is 5.34. The average molecular weight is 222 g/mol. The van der Waals surface area contributed by atoms with Gasteiger partial charge >= 0.3 is 0 Å². The Morgan fingerprint density at radius 2 is 2.25 bits per heavy atom. The van der Waals surface area contributed by atoms with Crippen LogP contribution in [0.1, 0.15) is 19.3 Å². The number of ether oxygens (including phenoxy) is 2. The van der Waals surface area contributed by atoms with Crippen LogP contribution < -0.4 is 10.1 Å². The predicted octanol–water partition coefficient (Wildman–Crippen LogP) is 2.07. The molecule has 4 nitrogen and oxygen atoms in total. The van der Waals surface area contributed by atoms with Crippen LogP contribution in [0, 0.1) is 0 Å². The molecule has 2 atom stereocenters. The van der Waals surface area contributed by atoms with Crippen LogP contribution in [0.5, 0.6) is 5.75 Å². The molecule has 0 aromatic carbocycles. The van der Waals surface area contributed by atoms with Gasteiger partial charge in [0.25, 0.3) is 0 Å². The third-order valence-corrected chi connectivity index (χ3v) is 3.05. The fourth-order valence-corrected chi connectivity index (χ4v) is 2.14. The summed E-state index contributed by atoms with van der Waals surface area (Å²) in [5, 5.41) is 3.41. The first kappa shape index (κ1) is 11.2. The summed E-state index contributed by atoms with van der Waals surface area (Å²) in [6.07, 6.45) is 5.43. The van der Waals surface area contributed by atoms with Crippen molar-refractivity contribution in [3.05, 3.63) is 18.3 Å². The number of methoxy groups -OCH3 is 2. The molecule has 88 valence electrons. The van der Waals surface area contributed by atoms with Gasteiger partial charge in [0.1, 0.15) is 0 Å². The second-order valence-corrected chi connectivity index (χ2v) is 4.07. The first-order chi connectivity index (χ1) is 7.83. The third kappa shape index (κ3) is 2.44. The highest BCUT2D eigenvalue weighted by atomic mass is 16.5. The molecule has 1 aromatic rings. The molecule has 4 heteroatoms. The van der Waals surface area contributed by atoms with E-state index in [0.717, 1.165) is 30.8 Å². The molecule has 1 heterocycles. The fraction of sp³-hybridized carbons (Fsp3) is 0.583. The van der Waals surface area contributed by atoms with Crippen molar-refractivity contribution >= 4 is 5.82 Å². The predicted molar refractivity (Wildman–Crippen MR) is 62.8 cm³/mol. The summed E-state index contributed by atoms with van der Waals surface area (Å²) >= 11 is 0. The largest absolute Gasteiger partial charge is 0.493 e.